The summed E-state index contributed by atoms with van der Waals surface area (Å²) in [6.45, 7) is 3.15. The average Bonchev–Trinajstić information content (AvgIpc) is 2.58. The highest BCUT2D eigenvalue weighted by atomic mass is 16.5. The van der Waals surface area contributed by atoms with Crippen LogP contribution in [0, 0.1) is 0 Å². The fraction of sp³-hybridized carbons (Fsp3) is 0.278. The lowest BCUT2D eigenvalue weighted by Gasteiger charge is -2.12. The molecule has 0 aromatic heterocycles. The Morgan fingerprint density at radius 2 is 1.86 bits per heavy atom. The summed E-state index contributed by atoms with van der Waals surface area (Å²) in [4.78, 5) is 12.0. The Labute approximate surface area is 131 Å². The third-order valence-electron chi connectivity index (χ3n) is 3.18. The van der Waals surface area contributed by atoms with Gasteiger partial charge in [-0.1, -0.05) is 31.2 Å². The lowest BCUT2D eigenvalue weighted by Crippen LogP contribution is -2.22. The van der Waals surface area contributed by atoms with E-state index < -0.39 is 0 Å². The smallest absolute Gasteiger partial charge is 0.251 e. The SMILES string of the molecule is CCCOc1ccc(CNC(=O)c2ccccc2)cc1OC. The molecule has 0 aliphatic rings. The second kappa shape index (κ2) is 8.08. The Morgan fingerprint density at radius 3 is 2.55 bits per heavy atom. The van der Waals surface area contributed by atoms with Crippen LogP contribution in [0.5, 0.6) is 11.5 Å². The fourth-order valence-corrected chi connectivity index (χ4v) is 2.03. The van der Waals surface area contributed by atoms with Gasteiger partial charge in [-0.2, -0.15) is 0 Å². The highest BCUT2D eigenvalue weighted by Gasteiger charge is 2.08. The molecule has 4 nitrogen and oxygen atoms in total. The van der Waals surface area contributed by atoms with Gasteiger partial charge < -0.3 is 14.8 Å². The number of rotatable bonds is 7. The standard InChI is InChI=1S/C18H21NO3/c1-3-11-22-16-10-9-14(12-17(16)21-2)13-19-18(20)15-7-5-4-6-8-15/h4-10,12H,3,11,13H2,1-2H3,(H,19,20). The van der Waals surface area contributed by atoms with Gasteiger partial charge in [-0.25, -0.2) is 0 Å². The zero-order chi connectivity index (χ0) is 15.8. The van der Waals surface area contributed by atoms with E-state index in [1.807, 2.05) is 36.4 Å². The molecule has 2 aromatic carbocycles. The van der Waals surface area contributed by atoms with Gasteiger partial charge in [-0.05, 0) is 36.2 Å². The molecule has 0 aliphatic carbocycles. The van der Waals surface area contributed by atoms with Crippen molar-refractivity contribution >= 4 is 5.91 Å². The third-order valence-corrected chi connectivity index (χ3v) is 3.18. The molecule has 22 heavy (non-hydrogen) atoms. The first kappa shape index (κ1) is 15.9. The van der Waals surface area contributed by atoms with Crippen molar-refractivity contribution in [3.63, 3.8) is 0 Å². The van der Waals surface area contributed by atoms with E-state index in [1.165, 1.54) is 0 Å². The molecule has 0 radical (unpaired) electrons. The molecule has 0 unspecified atom stereocenters. The molecule has 0 spiro atoms. The lowest BCUT2D eigenvalue weighted by molar-refractivity contribution is 0.0951. The van der Waals surface area contributed by atoms with E-state index in [4.69, 9.17) is 9.47 Å². The number of carbonyl (C=O) groups excluding carboxylic acids is 1. The summed E-state index contributed by atoms with van der Waals surface area (Å²) < 4.78 is 11.0. The van der Waals surface area contributed by atoms with Crippen molar-refractivity contribution < 1.29 is 14.3 Å². The lowest BCUT2D eigenvalue weighted by atomic mass is 10.1. The second-order valence-electron chi connectivity index (χ2n) is 4.88. The van der Waals surface area contributed by atoms with Crippen LogP contribution < -0.4 is 14.8 Å². The van der Waals surface area contributed by atoms with Crippen LogP contribution in [0.4, 0.5) is 0 Å². The number of carbonyl (C=O) groups is 1. The van der Waals surface area contributed by atoms with E-state index in [9.17, 15) is 4.79 Å². The van der Waals surface area contributed by atoms with Gasteiger partial charge in [0.2, 0.25) is 0 Å². The Balaban J connectivity index is 1.99. The van der Waals surface area contributed by atoms with Crippen LogP contribution >= 0.6 is 0 Å². The maximum Gasteiger partial charge on any atom is 0.251 e. The molecule has 4 heteroatoms. The van der Waals surface area contributed by atoms with Crippen molar-refractivity contribution in [2.45, 2.75) is 19.9 Å². The number of methoxy groups -OCH3 is 1. The van der Waals surface area contributed by atoms with Gasteiger partial charge in [0.05, 0.1) is 13.7 Å². The number of ether oxygens (including phenoxy) is 2. The molecule has 0 bridgehead atoms. The van der Waals surface area contributed by atoms with Crippen molar-refractivity contribution in [2.24, 2.45) is 0 Å². The van der Waals surface area contributed by atoms with Crippen molar-refractivity contribution in [3.8, 4) is 11.5 Å². The van der Waals surface area contributed by atoms with Crippen LogP contribution in [0.25, 0.3) is 0 Å². The second-order valence-corrected chi connectivity index (χ2v) is 4.88. The molecular weight excluding hydrogens is 278 g/mol. The summed E-state index contributed by atoms with van der Waals surface area (Å²) in [7, 11) is 1.61. The van der Waals surface area contributed by atoms with Crippen molar-refractivity contribution in [1.29, 1.82) is 0 Å². The molecular formula is C18H21NO3. The van der Waals surface area contributed by atoms with Crippen LogP contribution in [0.2, 0.25) is 0 Å². The monoisotopic (exact) mass is 299 g/mol. The first-order valence-electron chi connectivity index (χ1n) is 7.37. The normalized spacial score (nSPS) is 10.1. The molecule has 0 fully saturated rings. The maximum atomic E-state index is 12.0. The Bertz CT molecular complexity index is 611. The fourth-order valence-electron chi connectivity index (χ4n) is 2.03. The number of benzene rings is 2. The number of hydrogen-bond donors (Lipinski definition) is 1. The van der Waals surface area contributed by atoms with Gasteiger partial charge in [-0.15, -0.1) is 0 Å². The minimum absolute atomic E-state index is 0.0918. The van der Waals surface area contributed by atoms with Gasteiger partial charge in [0.1, 0.15) is 0 Å². The van der Waals surface area contributed by atoms with Gasteiger partial charge in [0.15, 0.2) is 11.5 Å². The van der Waals surface area contributed by atoms with Crippen molar-refractivity contribution in [1.82, 2.24) is 5.32 Å². The summed E-state index contributed by atoms with van der Waals surface area (Å²) in [6.07, 6.45) is 0.942. The van der Waals surface area contributed by atoms with E-state index in [-0.39, 0.29) is 5.91 Å². The molecule has 0 atom stereocenters. The summed E-state index contributed by atoms with van der Waals surface area (Å²) in [5, 5.41) is 2.89. The first-order valence-corrected chi connectivity index (χ1v) is 7.37. The molecule has 0 saturated carbocycles. The van der Waals surface area contributed by atoms with E-state index >= 15 is 0 Å². The molecule has 0 aliphatic heterocycles. The van der Waals surface area contributed by atoms with Gasteiger partial charge in [0, 0.05) is 12.1 Å². The quantitative estimate of drug-likeness (QED) is 0.852. The molecule has 0 heterocycles. The van der Waals surface area contributed by atoms with E-state index in [2.05, 4.69) is 12.2 Å². The van der Waals surface area contributed by atoms with Gasteiger partial charge >= 0.3 is 0 Å². The van der Waals surface area contributed by atoms with Gasteiger partial charge in [-0.3, -0.25) is 4.79 Å². The van der Waals surface area contributed by atoms with E-state index in [0.29, 0.717) is 24.5 Å². The van der Waals surface area contributed by atoms with Crippen molar-refractivity contribution in [2.75, 3.05) is 13.7 Å². The van der Waals surface area contributed by atoms with Crippen LogP contribution in [-0.4, -0.2) is 19.6 Å². The topological polar surface area (TPSA) is 47.6 Å². The van der Waals surface area contributed by atoms with Crippen LogP contribution in [0.3, 0.4) is 0 Å². The zero-order valence-corrected chi connectivity index (χ0v) is 13.0. The van der Waals surface area contributed by atoms with Crippen LogP contribution in [-0.2, 0) is 6.54 Å². The van der Waals surface area contributed by atoms with Crippen molar-refractivity contribution in [3.05, 3.63) is 59.7 Å². The molecule has 2 aromatic rings. The summed E-state index contributed by atoms with van der Waals surface area (Å²) in [5.74, 6) is 1.31. The molecule has 2 rings (SSSR count). The minimum atomic E-state index is -0.0918. The zero-order valence-electron chi connectivity index (χ0n) is 13.0. The minimum Gasteiger partial charge on any atom is -0.493 e. The van der Waals surface area contributed by atoms with E-state index in [1.54, 1.807) is 19.2 Å². The summed E-state index contributed by atoms with van der Waals surface area (Å²) in [5.41, 5.74) is 1.61. The predicted molar refractivity (Wildman–Crippen MR) is 86.4 cm³/mol. The number of hydrogen-bond acceptors (Lipinski definition) is 3. The van der Waals surface area contributed by atoms with Gasteiger partial charge in [0.25, 0.3) is 5.91 Å². The molecule has 116 valence electrons. The highest BCUT2D eigenvalue weighted by Crippen LogP contribution is 2.28. The summed E-state index contributed by atoms with van der Waals surface area (Å²) in [6, 6.07) is 14.8. The molecule has 1 N–H and O–H groups in total. The number of amides is 1. The number of nitrogens with one attached hydrogen (secondary N) is 1. The summed E-state index contributed by atoms with van der Waals surface area (Å²) >= 11 is 0. The predicted octanol–water partition coefficient (Wildman–Crippen LogP) is 3.41. The molecule has 0 saturated heterocycles. The maximum absolute atomic E-state index is 12.0. The highest BCUT2D eigenvalue weighted by molar-refractivity contribution is 5.94. The Morgan fingerprint density at radius 1 is 1.09 bits per heavy atom. The Hall–Kier alpha value is -2.49. The first-order chi connectivity index (χ1) is 10.7. The average molecular weight is 299 g/mol. The van der Waals surface area contributed by atoms with Crippen LogP contribution in [0.1, 0.15) is 29.3 Å². The largest absolute Gasteiger partial charge is 0.493 e. The Kier molecular flexibility index (Phi) is 5.83. The van der Waals surface area contributed by atoms with Crippen LogP contribution in [0.15, 0.2) is 48.5 Å². The third kappa shape index (κ3) is 4.25. The molecule has 1 amide bonds. The van der Waals surface area contributed by atoms with E-state index in [0.717, 1.165) is 17.7 Å².